The smallest absolute Gasteiger partial charge is 0.328 e. The van der Waals surface area contributed by atoms with Crippen molar-refractivity contribution in [2.45, 2.75) is 13.3 Å². The Kier molecular flexibility index (Phi) is 3.20. The van der Waals surface area contributed by atoms with Gasteiger partial charge in [-0.25, -0.2) is 4.79 Å². The van der Waals surface area contributed by atoms with Crippen LogP contribution >= 0.6 is 0 Å². The van der Waals surface area contributed by atoms with Gasteiger partial charge in [-0.3, -0.25) is 4.98 Å². The van der Waals surface area contributed by atoms with Crippen LogP contribution in [-0.2, 0) is 11.2 Å². The van der Waals surface area contributed by atoms with Crippen molar-refractivity contribution in [3.63, 3.8) is 0 Å². The molecule has 1 N–H and O–H groups in total. The van der Waals surface area contributed by atoms with E-state index in [1.165, 1.54) is 6.08 Å². The van der Waals surface area contributed by atoms with Crippen molar-refractivity contribution in [2.75, 3.05) is 0 Å². The second-order valence-electron chi connectivity index (χ2n) is 2.62. The fourth-order valence-electron chi connectivity index (χ4n) is 0.900. The van der Waals surface area contributed by atoms with Crippen LogP contribution < -0.4 is 0 Å². The van der Waals surface area contributed by atoms with Gasteiger partial charge < -0.3 is 5.11 Å². The van der Waals surface area contributed by atoms with Gasteiger partial charge >= 0.3 is 5.97 Å². The second-order valence-corrected chi connectivity index (χ2v) is 2.62. The quantitative estimate of drug-likeness (QED) is 0.715. The van der Waals surface area contributed by atoms with Crippen LogP contribution in [-0.4, -0.2) is 16.1 Å². The van der Waals surface area contributed by atoms with Crippen molar-refractivity contribution < 1.29 is 9.90 Å². The van der Waals surface area contributed by atoms with Crippen LogP contribution in [0.4, 0.5) is 0 Å². The number of aromatic nitrogens is 1. The Morgan fingerprint density at radius 3 is 2.85 bits per heavy atom. The summed E-state index contributed by atoms with van der Waals surface area (Å²) in [6, 6.07) is 3.74. The predicted octanol–water partition coefficient (Wildman–Crippen LogP) is 1.74. The normalized spacial score (nSPS) is 10.5. The van der Waals surface area contributed by atoms with E-state index in [2.05, 4.69) is 4.98 Å². The van der Waals surface area contributed by atoms with E-state index in [0.717, 1.165) is 18.1 Å². The van der Waals surface area contributed by atoms with Gasteiger partial charge in [0.25, 0.3) is 0 Å². The third-order valence-electron chi connectivity index (χ3n) is 1.65. The number of hydrogen-bond acceptors (Lipinski definition) is 2. The average molecular weight is 177 g/mol. The SMILES string of the molecule is CCc1ccc(/C=C/C(=O)O)nc1. The van der Waals surface area contributed by atoms with Gasteiger partial charge in [-0.1, -0.05) is 13.0 Å². The standard InChI is InChI=1S/C10H11NO2/c1-2-8-3-4-9(11-7-8)5-6-10(12)13/h3-7H,2H2,1H3,(H,12,13)/b6-5+. The molecule has 0 amide bonds. The molecule has 13 heavy (non-hydrogen) atoms. The summed E-state index contributed by atoms with van der Waals surface area (Å²) >= 11 is 0. The van der Waals surface area contributed by atoms with Crippen LogP contribution in [0, 0.1) is 0 Å². The summed E-state index contributed by atoms with van der Waals surface area (Å²) < 4.78 is 0. The molecule has 1 rings (SSSR count). The Morgan fingerprint density at radius 1 is 1.62 bits per heavy atom. The van der Waals surface area contributed by atoms with Crippen LogP contribution in [0.5, 0.6) is 0 Å². The highest BCUT2D eigenvalue weighted by molar-refractivity contribution is 5.84. The zero-order valence-corrected chi connectivity index (χ0v) is 7.40. The molecule has 0 aliphatic rings. The molecule has 0 saturated heterocycles. The van der Waals surface area contributed by atoms with Crippen LogP contribution in [0.15, 0.2) is 24.4 Å². The molecule has 0 saturated carbocycles. The number of hydrogen-bond donors (Lipinski definition) is 1. The average Bonchev–Trinajstić information content (AvgIpc) is 2.15. The molecule has 1 aromatic heterocycles. The molecule has 0 aliphatic carbocycles. The number of aryl methyl sites for hydroxylation is 1. The molecule has 0 atom stereocenters. The maximum atomic E-state index is 10.2. The van der Waals surface area contributed by atoms with Crippen molar-refractivity contribution in [1.29, 1.82) is 0 Å². The zero-order valence-electron chi connectivity index (χ0n) is 7.40. The summed E-state index contributed by atoms with van der Waals surface area (Å²) in [5.74, 6) is -0.957. The minimum Gasteiger partial charge on any atom is -0.478 e. The van der Waals surface area contributed by atoms with E-state index in [9.17, 15) is 4.79 Å². The van der Waals surface area contributed by atoms with Gasteiger partial charge in [0, 0.05) is 12.3 Å². The molecular formula is C10H11NO2. The Labute approximate surface area is 76.7 Å². The Morgan fingerprint density at radius 2 is 2.38 bits per heavy atom. The number of pyridine rings is 1. The van der Waals surface area contributed by atoms with E-state index in [0.29, 0.717) is 5.69 Å². The van der Waals surface area contributed by atoms with E-state index in [-0.39, 0.29) is 0 Å². The minimum absolute atomic E-state index is 0.666. The van der Waals surface area contributed by atoms with Gasteiger partial charge in [-0.05, 0) is 24.1 Å². The Hall–Kier alpha value is -1.64. The summed E-state index contributed by atoms with van der Waals surface area (Å²) in [5, 5.41) is 8.36. The Bertz CT molecular complexity index is 314. The lowest BCUT2D eigenvalue weighted by atomic mass is 10.2. The van der Waals surface area contributed by atoms with Crippen LogP contribution in [0.2, 0.25) is 0 Å². The summed E-state index contributed by atoms with van der Waals surface area (Å²) in [4.78, 5) is 14.3. The first kappa shape index (κ1) is 9.45. The number of carboxylic acid groups (broad SMARTS) is 1. The summed E-state index contributed by atoms with van der Waals surface area (Å²) in [6.45, 7) is 2.05. The summed E-state index contributed by atoms with van der Waals surface area (Å²) in [7, 11) is 0. The summed E-state index contributed by atoms with van der Waals surface area (Å²) in [5.41, 5.74) is 1.81. The maximum Gasteiger partial charge on any atom is 0.328 e. The molecule has 0 bridgehead atoms. The van der Waals surface area contributed by atoms with Crippen molar-refractivity contribution in [2.24, 2.45) is 0 Å². The molecular weight excluding hydrogens is 166 g/mol. The highest BCUT2D eigenvalue weighted by atomic mass is 16.4. The van der Waals surface area contributed by atoms with Crippen LogP contribution in [0.1, 0.15) is 18.2 Å². The fourth-order valence-corrected chi connectivity index (χ4v) is 0.900. The predicted molar refractivity (Wildman–Crippen MR) is 50.3 cm³/mol. The van der Waals surface area contributed by atoms with Gasteiger partial charge in [-0.15, -0.1) is 0 Å². The van der Waals surface area contributed by atoms with Gasteiger partial charge in [-0.2, -0.15) is 0 Å². The molecule has 0 fully saturated rings. The topological polar surface area (TPSA) is 50.2 Å². The first-order chi connectivity index (χ1) is 6.22. The highest BCUT2D eigenvalue weighted by Crippen LogP contribution is 2.02. The highest BCUT2D eigenvalue weighted by Gasteiger charge is 1.91. The van der Waals surface area contributed by atoms with Gasteiger partial charge in [0.05, 0.1) is 5.69 Å². The summed E-state index contributed by atoms with van der Waals surface area (Å²) in [6.07, 6.45) is 5.24. The van der Waals surface area contributed by atoms with Crippen molar-refractivity contribution in [3.8, 4) is 0 Å². The monoisotopic (exact) mass is 177 g/mol. The zero-order chi connectivity index (χ0) is 9.68. The van der Waals surface area contributed by atoms with Crippen molar-refractivity contribution in [3.05, 3.63) is 35.7 Å². The molecule has 1 aromatic rings. The third kappa shape index (κ3) is 3.07. The van der Waals surface area contributed by atoms with Gasteiger partial charge in [0.1, 0.15) is 0 Å². The van der Waals surface area contributed by atoms with Crippen molar-refractivity contribution >= 4 is 12.0 Å². The van der Waals surface area contributed by atoms with Crippen LogP contribution in [0.3, 0.4) is 0 Å². The fraction of sp³-hybridized carbons (Fsp3) is 0.200. The molecule has 3 nitrogen and oxygen atoms in total. The molecule has 0 aliphatic heterocycles. The number of nitrogens with zero attached hydrogens (tertiary/aromatic N) is 1. The van der Waals surface area contributed by atoms with E-state index in [1.54, 1.807) is 12.3 Å². The number of carbonyl (C=O) groups is 1. The first-order valence-electron chi connectivity index (χ1n) is 4.08. The molecule has 3 heteroatoms. The molecule has 0 unspecified atom stereocenters. The minimum atomic E-state index is -0.957. The van der Waals surface area contributed by atoms with E-state index >= 15 is 0 Å². The molecule has 68 valence electrons. The number of carboxylic acids is 1. The lowest BCUT2D eigenvalue weighted by Crippen LogP contribution is -1.88. The maximum absolute atomic E-state index is 10.2. The van der Waals surface area contributed by atoms with Gasteiger partial charge in [0.15, 0.2) is 0 Å². The largest absolute Gasteiger partial charge is 0.478 e. The lowest BCUT2D eigenvalue weighted by molar-refractivity contribution is -0.131. The lowest BCUT2D eigenvalue weighted by Gasteiger charge is -1.95. The third-order valence-corrected chi connectivity index (χ3v) is 1.65. The van der Waals surface area contributed by atoms with Gasteiger partial charge in [0.2, 0.25) is 0 Å². The Balaban J connectivity index is 2.75. The van der Waals surface area contributed by atoms with E-state index in [1.807, 2.05) is 13.0 Å². The second kappa shape index (κ2) is 4.40. The number of aliphatic carboxylic acids is 1. The molecule has 0 aromatic carbocycles. The molecule has 1 heterocycles. The van der Waals surface area contributed by atoms with E-state index in [4.69, 9.17) is 5.11 Å². The van der Waals surface area contributed by atoms with E-state index < -0.39 is 5.97 Å². The van der Waals surface area contributed by atoms with Crippen molar-refractivity contribution in [1.82, 2.24) is 4.98 Å². The van der Waals surface area contributed by atoms with Crippen LogP contribution in [0.25, 0.3) is 6.08 Å². The first-order valence-corrected chi connectivity index (χ1v) is 4.08. The molecule has 0 spiro atoms. The number of rotatable bonds is 3. The molecule has 0 radical (unpaired) electrons.